The maximum atomic E-state index is 5.64. The van der Waals surface area contributed by atoms with Crippen molar-refractivity contribution in [2.24, 2.45) is 0 Å². The Labute approximate surface area is 84.4 Å². The molecule has 0 unspecified atom stereocenters. The lowest BCUT2D eigenvalue weighted by atomic mass is 10.1. The zero-order valence-corrected chi connectivity index (χ0v) is 8.35. The minimum Gasteiger partial charge on any atom is -0.376 e. The van der Waals surface area contributed by atoms with Crippen LogP contribution in [0.25, 0.3) is 6.08 Å². The lowest BCUT2D eigenvalue weighted by molar-refractivity contribution is 0.00399. The maximum Gasteiger partial charge on any atom is 0.0770 e. The largest absolute Gasteiger partial charge is 0.376 e. The summed E-state index contributed by atoms with van der Waals surface area (Å²) in [5.41, 5.74) is 1.07. The molecule has 0 bridgehead atoms. The Morgan fingerprint density at radius 3 is 3.21 bits per heavy atom. The standard InChI is InChI=1S/C11H16N2O/c1-2-10-7-12-13(8-10)9-11-5-3-4-6-14-11/h2,7-8,11H,1,3-6,9H2/t11-/m0/s1. The zero-order valence-electron chi connectivity index (χ0n) is 8.35. The van der Waals surface area contributed by atoms with E-state index in [4.69, 9.17) is 4.74 Å². The highest BCUT2D eigenvalue weighted by molar-refractivity contribution is 5.43. The summed E-state index contributed by atoms with van der Waals surface area (Å²) in [6.45, 7) is 5.48. The second-order valence-corrected chi connectivity index (χ2v) is 3.69. The molecule has 0 aromatic carbocycles. The Morgan fingerprint density at radius 1 is 1.64 bits per heavy atom. The Bertz CT molecular complexity index is 300. The molecule has 0 radical (unpaired) electrons. The first-order valence-electron chi connectivity index (χ1n) is 5.15. The molecule has 0 aliphatic carbocycles. The molecule has 1 aliphatic rings. The van der Waals surface area contributed by atoms with Crippen LogP contribution in [0.15, 0.2) is 19.0 Å². The van der Waals surface area contributed by atoms with E-state index in [1.165, 1.54) is 12.8 Å². The van der Waals surface area contributed by atoms with Gasteiger partial charge in [-0.3, -0.25) is 4.68 Å². The van der Waals surface area contributed by atoms with Crippen LogP contribution in [0.4, 0.5) is 0 Å². The fourth-order valence-corrected chi connectivity index (χ4v) is 1.74. The average molecular weight is 192 g/mol. The molecular formula is C11H16N2O. The summed E-state index contributed by atoms with van der Waals surface area (Å²) >= 11 is 0. The smallest absolute Gasteiger partial charge is 0.0770 e. The first-order chi connectivity index (χ1) is 6.88. The minimum atomic E-state index is 0.348. The molecule has 1 atom stereocenters. The van der Waals surface area contributed by atoms with Gasteiger partial charge < -0.3 is 4.74 Å². The van der Waals surface area contributed by atoms with Gasteiger partial charge in [-0.2, -0.15) is 5.10 Å². The molecule has 1 fully saturated rings. The molecule has 14 heavy (non-hydrogen) atoms. The molecule has 1 aliphatic heterocycles. The van der Waals surface area contributed by atoms with Crippen LogP contribution >= 0.6 is 0 Å². The van der Waals surface area contributed by atoms with Crippen LogP contribution in [-0.2, 0) is 11.3 Å². The third-order valence-corrected chi connectivity index (χ3v) is 2.55. The molecule has 1 saturated heterocycles. The van der Waals surface area contributed by atoms with Gasteiger partial charge >= 0.3 is 0 Å². The SMILES string of the molecule is C=Cc1cnn(C[C@@H]2CCCCO2)c1. The maximum absolute atomic E-state index is 5.64. The summed E-state index contributed by atoms with van der Waals surface area (Å²) in [7, 11) is 0. The molecule has 1 aromatic rings. The van der Waals surface area contributed by atoms with Crippen molar-refractivity contribution >= 4 is 6.08 Å². The molecule has 2 rings (SSSR count). The fourth-order valence-electron chi connectivity index (χ4n) is 1.74. The molecule has 3 nitrogen and oxygen atoms in total. The van der Waals surface area contributed by atoms with Crippen molar-refractivity contribution in [2.45, 2.75) is 31.9 Å². The summed E-state index contributed by atoms with van der Waals surface area (Å²) < 4.78 is 7.58. The van der Waals surface area contributed by atoms with Crippen molar-refractivity contribution in [3.05, 3.63) is 24.5 Å². The van der Waals surface area contributed by atoms with Gasteiger partial charge in [0.1, 0.15) is 0 Å². The summed E-state index contributed by atoms with van der Waals surface area (Å²) in [5.74, 6) is 0. The highest BCUT2D eigenvalue weighted by Gasteiger charge is 2.14. The van der Waals surface area contributed by atoms with Crippen LogP contribution in [0.2, 0.25) is 0 Å². The van der Waals surface area contributed by atoms with Gasteiger partial charge in [0.15, 0.2) is 0 Å². The van der Waals surface area contributed by atoms with Crippen LogP contribution in [0.1, 0.15) is 24.8 Å². The van der Waals surface area contributed by atoms with Gasteiger partial charge in [-0.25, -0.2) is 0 Å². The normalized spacial score (nSPS) is 22.1. The van der Waals surface area contributed by atoms with E-state index in [1.807, 2.05) is 23.2 Å². The Hall–Kier alpha value is -1.09. The molecule has 0 spiro atoms. The van der Waals surface area contributed by atoms with Gasteiger partial charge in [0.05, 0.1) is 18.8 Å². The average Bonchev–Trinajstić information content (AvgIpc) is 2.67. The highest BCUT2D eigenvalue weighted by Crippen LogP contribution is 2.14. The molecule has 76 valence electrons. The van der Waals surface area contributed by atoms with E-state index in [1.54, 1.807) is 0 Å². The zero-order chi connectivity index (χ0) is 9.80. The van der Waals surface area contributed by atoms with Crippen molar-refractivity contribution in [3.63, 3.8) is 0 Å². The summed E-state index contributed by atoms with van der Waals surface area (Å²) in [6.07, 6.45) is 9.63. The summed E-state index contributed by atoms with van der Waals surface area (Å²) in [4.78, 5) is 0. The van der Waals surface area contributed by atoms with Crippen LogP contribution in [-0.4, -0.2) is 22.5 Å². The van der Waals surface area contributed by atoms with E-state index < -0.39 is 0 Å². The van der Waals surface area contributed by atoms with E-state index in [9.17, 15) is 0 Å². The van der Waals surface area contributed by atoms with E-state index in [2.05, 4.69) is 11.7 Å². The second-order valence-electron chi connectivity index (χ2n) is 3.69. The van der Waals surface area contributed by atoms with E-state index >= 15 is 0 Å². The van der Waals surface area contributed by atoms with E-state index in [-0.39, 0.29) is 0 Å². The fraction of sp³-hybridized carbons (Fsp3) is 0.545. The second kappa shape index (κ2) is 4.42. The van der Waals surface area contributed by atoms with Crippen LogP contribution in [0.3, 0.4) is 0 Å². The molecular weight excluding hydrogens is 176 g/mol. The number of hydrogen-bond donors (Lipinski definition) is 0. The first-order valence-corrected chi connectivity index (χ1v) is 5.15. The third-order valence-electron chi connectivity index (χ3n) is 2.55. The van der Waals surface area contributed by atoms with Crippen molar-refractivity contribution in [3.8, 4) is 0 Å². The topological polar surface area (TPSA) is 27.1 Å². The Kier molecular flexibility index (Phi) is 2.99. The van der Waals surface area contributed by atoms with E-state index in [0.717, 1.165) is 25.1 Å². The van der Waals surface area contributed by atoms with Gasteiger partial charge in [0, 0.05) is 18.4 Å². The third kappa shape index (κ3) is 2.23. The molecule has 1 aromatic heterocycles. The van der Waals surface area contributed by atoms with Gasteiger partial charge in [-0.1, -0.05) is 12.7 Å². The predicted molar refractivity (Wildman–Crippen MR) is 55.9 cm³/mol. The predicted octanol–water partition coefficient (Wildman–Crippen LogP) is 2.10. The van der Waals surface area contributed by atoms with Gasteiger partial charge in [0.2, 0.25) is 0 Å². The first kappa shape index (κ1) is 9.46. The van der Waals surface area contributed by atoms with Gasteiger partial charge in [-0.05, 0) is 19.3 Å². The number of hydrogen-bond acceptors (Lipinski definition) is 2. The van der Waals surface area contributed by atoms with Crippen molar-refractivity contribution in [1.82, 2.24) is 9.78 Å². The number of rotatable bonds is 3. The van der Waals surface area contributed by atoms with Crippen molar-refractivity contribution < 1.29 is 4.74 Å². The quantitative estimate of drug-likeness (QED) is 0.733. The highest BCUT2D eigenvalue weighted by atomic mass is 16.5. The van der Waals surface area contributed by atoms with Crippen LogP contribution < -0.4 is 0 Å². The monoisotopic (exact) mass is 192 g/mol. The lowest BCUT2D eigenvalue weighted by Gasteiger charge is -2.22. The van der Waals surface area contributed by atoms with Crippen LogP contribution in [0, 0.1) is 0 Å². The van der Waals surface area contributed by atoms with Gasteiger partial charge in [0.25, 0.3) is 0 Å². The summed E-state index contributed by atoms with van der Waals surface area (Å²) in [5, 5.41) is 4.25. The van der Waals surface area contributed by atoms with Gasteiger partial charge in [-0.15, -0.1) is 0 Å². The Balaban J connectivity index is 1.92. The van der Waals surface area contributed by atoms with E-state index in [0.29, 0.717) is 6.10 Å². The van der Waals surface area contributed by atoms with Crippen LogP contribution in [0.5, 0.6) is 0 Å². The van der Waals surface area contributed by atoms with Crippen molar-refractivity contribution in [2.75, 3.05) is 6.61 Å². The number of ether oxygens (including phenoxy) is 1. The Morgan fingerprint density at radius 2 is 2.57 bits per heavy atom. The molecule has 0 saturated carbocycles. The lowest BCUT2D eigenvalue weighted by Crippen LogP contribution is -2.24. The summed E-state index contributed by atoms with van der Waals surface area (Å²) in [6, 6.07) is 0. The number of nitrogens with zero attached hydrogens (tertiary/aromatic N) is 2. The number of aromatic nitrogens is 2. The molecule has 0 N–H and O–H groups in total. The minimum absolute atomic E-state index is 0.348. The molecule has 2 heterocycles. The van der Waals surface area contributed by atoms with Crippen molar-refractivity contribution in [1.29, 1.82) is 0 Å². The molecule has 3 heteroatoms. The molecule has 0 amide bonds.